The molecular formula is C104H190Ac4O40. The van der Waals surface area contributed by atoms with E-state index < -0.39 is 179 Å². The van der Waals surface area contributed by atoms with Crippen LogP contribution in [-0.2, 0) is 114 Å². The molecule has 0 aromatic carbocycles. The van der Waals surface area contributed by atoms with Crippen molar-refractivity contribution in [2.45, 2.75) is 503 Å². The van der Waals surface area contributed by atoms with Gasteiger partial charge in [0.25, 0.3) is 0 Å². The number of rotatable bonds is 21. The number of ether oxygens (including phenoxy) is 24. The molecular weight excluding hydrogens is 2800 g/mol. The fourth-order valence-electron chi connectivity index (χ4n) is 22.8. The molecule has 40 nitrogen and oxygen atoms in total. The minimum atomic E-state index is -1.45. The first-order chi connectivity index (χ1) is 67.9. The van der Waals surface area contributed by atoms with Crippen molar-refractivity contribution in [1.82, 2.24) is 0 Å². The average Bonchev–Trinajstić information content (AvgIpc) is 0.773. The predicted molar refractivity (Wildman–Crippen MR) is 517 cm³/mol. The fraction of sp³-hybridized carbons (Fsp3) is 1.00. The van der Waals surface area contributed by atoms with Gasteiger partial charge in [0.2, 0.25) is 0 Å². The van der Waals surface area contributed by atoms with E-state index in [2.05, 4.69) is 118 Å². The van der Waals surface area contributed by atoms with E-state index in [0.29, 0.717) is 66.3 Å². The quantitative estimate of drug-likeness (QED) is 0.0766. The van der Waals surface area contributed by atoms with Crippen LogP contribution in [0.3, 0.4) is 0 Å². The Balaban J connectivity index is 0.000000270. The molecule has 27 unspecified atom stereocenters. The largest absolute Gasteiger partial charge is 0.394 e. The molecule has 0 saturated carbocycles. The van der Waals surface area contributed by atoms with Crippen LogP contribution in [0.1, 0.15) is 220 Å². The van der Waals surface area contributed by atoms with Crippen LogP contribution < -0.4 is 0 Å². The minimum absolute atomic E-state index is 0. The molecule has 0 spiro atoms. The van der Waals surface area contributed by atoms with Crippen LogP contribution in [-0.4, -0.2) is 424 Å². The van der Waals surface area contributed by atoms with Crippen LogP contribution in [0.5, 0.6) is 0 Å². The third kappa shape index (κ3) is 34.1. The smallest absolute Gasteiger partial charge is 0.187 e. The number of aliphatic hydroxyl groups is 16. The Labute approximate surface area is 1020 Å². The van der Waals surface area contributed by atoms with Crippen LogP contribution in [0.2, 0.25) is 0 Å². The van der Waals surface area contributed by atoms with E-state index in [9.17, 15) is 81.7 Å². The summed E-state index contributed by atoms with van der Waals surface area (Å²) in [5.74, 6) is 4.41. The Hall–Kier alpha value is 4.17. The summed E-state index contributed by atoms with van der Waals surface area (Å²) in [5, 5.41) is 159. The molecule has 15 heterocycles. The van der Waals surface area contributed by atoms with E-state index in [-0.39, 0.29) is 380 Å². The molecule has 0 aliphatic carbocycles. The molecule has 0 bridgehead atoms. The molecule has 63 atom stereocenters. The molecule has 0 aromatic heterocycles. The van der Waals surface area contributed by atoms with Crippen molar-refractivity contribution in [3.05, 3.63) is 0 Å². The van der Waals surface area contributed by atoms with Crippen LogP contribution in [0.25, 0.3) is 0 Å². The molecule has 15 rings (SSSR count). The summed E-state index contributed by atoms with van der Waals surface area (Å²) < 4.78 is 141. The fourth-order valence-corrected chi connectivity index (χ4v) is 22.8. The summed E-state index contributed by atoms with van der Waals surface area (Å²) in [6, 6.07) is 0. The van der Waals surface area contributed by atoms with E-state index >= 15 is 0 Å². The second kappa shape index (κ2) is 64.9. The molecule has 15 saturated heterocycles. The summed E-state index contributed by atoms with van der Waals surface area (Å²) in [4.78, 5) is 0. The van der Waals surface area contributed by atoms with Gasteiger partial charge in [-0.15, -0.1) is 0 Å². The third-order valence-electron chi connectivity index (χ3n) is 35.5. The number of hydrogen-bond acceptors (Lipinski definition) is 40. The van der Waals surface area contributed by atoms with Gasteiger partial charge in [-0.25, -0.2) is 0 Å². The van der Waals surface area contributed by atoms with Gasteiger partial charge in [0.15, 0.2) is 56.6 Å². The first-order valence-electron chi connectivity index (χ1n) is 54.0. The maximum Gasteiger partial charge on any atom is 0.187 e. The Kier molecular flexibility index (Phi) is 61.7. The van der Waals surface area contributed by atoms with Crippen LogP contribution in [0.4, 0.5) is 0 Å². The minimum Gasteiger partial charge on any atom is -0.394 e. The van der Waals surface area contributed by atoms with Gasteiger partial charge in [0, 0.05) is 200 Å². The molecule has 15 fully saturated rings. The van der Waals surface area contributed by atoms with Crippen molar-refractivity contribution in [3.63, 3.8) is 0 Å². The monoisotopic (exact) mass is 2990 g/mol. The summed E-state index contributed by atoms with van der Waals surface area (Å²) in [6.45, 7) is 59.2. The van der Waals surface area contributed by atoms with E-state index in [1.165, 1.54) is 0 Å². The standard InChI is InChI=1S/C20H36O5.2C18H34O5.C17H32O6.C16H28O9.C15H26O10.4Ac/c1-8-16-18(11(3)10(2)14(6)22-16)25-20-13(5)12(4)19-17(24-20)9-21-15(7)23-19;1-9-11(3)15(7-19)22-18(13(9)5)23-17-12(4)10(2)14(6)21-16(17)8-20;1-7-14-17(11(4)9(2)13(6)21-14)23-18-12(5)10(3)16(20)15(8-19)22-18;1-8-10(3)16(14(7-19)21-12(8)5)23-17-11(4)9(2)15(20)13(6-18)22-17;1-4-8-14(11(18)10(17)6(2)22-8)25-16-13(20)12(19)15-9(24-16)5-21-7(3)23-15;1-5-9(17)10(18)13(7(3-16)22-5)25-15-12(20)11(19)14-8(24-15)4-21-6(2)23-14;;;;/h10-20H,8-9H2,1-7H3;2*9-20H,7-8H2,1-6H3;8-20H,6-7H2,1-5H3;6-20H,4-5H2,1-3H3;5-20H,3-4H2,1-2H3;;;;/t10?,11-,12-,13?,14+,15?,16?,17?,18+,19+,20-;9-,10?,11-,12+,13?,14-,15?,16?,17-,18+;9?,10-,11-,12?,13+,14?,15?,16+,17+,18-;8?,9-,10-,11?,12+,13?,14?,15+,16+,17-;6-,7?,8?,9?,10?,11+,12+,13?,14+,15+,16+;5-,6?,7?,8?,9?,10+,11+,12?,13+,14+,15+;;;;/m101100..../s1. The Morgan fingerprint density at radius 2 is 0.419 bits per heavy atom. The normalized spacial score (nSPS) is 51.5. The van der Waals surface area contributed by atoms with Crippen molar-refractivity contribution < 1.29 is 372 Å². The molecule has 15 aliphatic rings. The van der Waals surface area contributed by atoms with E-state index in [4.69, 9.17) is 114 Å². The Morgan fingerprint density at radius 3 is 0.743 bits per heavy atom. The van der Waals surface area contributed by atoms with Gasteiger partial charge in [-0.2, -0.15) is 0 Å². The van der Waals surface area contributed by atoms with E-state index in [1.54, 1.807) is 27.7 Å². The molecule has 16 N–H and O–H groups in total. The van der Waals surface area contributed by atoms with Gasteiger partial charge in [-0.1, -0.05) is 138 Å². The van der Waals surface area contributed by atoms with Crippen molar-refractivity contribution in [2.24, 2.45) is 101 Å². The van der Waals surface area contributed by atoms with E-state index in [1.807, 2.05) is 55.4 Å². The van der Waals surface area contributed by atoms with Crippen molar-refractivity contribution in [1.29, 1.82) is 0 Å². The topological polar surface area (TPSA) is 545 Å². The molecule has 4 radical (unpaired) electrons. The number of aliphatic hydroxyl groups excluding tert-OH is 16. The molecule has 858 valence electrons. The van der Waals surface area contributed by atoms with Crippen molar-refractivity contribution in [2.75, 3.05) is 59.5 Å². The Morgan fingerprint density at radius 1 is 0.182 bits per heavy atom. The third-order valence-corrected chi connectivity index (χ3v) is 35.5. The summed E-state index contributed by atoms with van der Waals surface area (Å²) >= 11 is 0. The Bertz CT molecular complexity index is 3280. The number of hydrogen-bond donors (Lipinski definition) is 16. The van der Waals surface area contributed by atoms with Crippen LogP contribution in [0.15, 0.2) is 0 Å². The second-order valence-electron chi connectivity index (χ2n) is 44.5. The second-order valence-corrected chi connectivity index (χ2v) is 44.5. The van der Waals surface area contributed by atoms with Crippen LogP contribution >= 0.6 is 0 Å². The van der Waals surface area contributed by atoms with Crippen LogP contribution in [0, 0.1) is 277 Å². The first-order valence-corrected chi connectivity index (χ1v) is 54.0. The summed E-state index contributed by atoms with van der Waals surface area (Å²) in [7, 11) is 0. The first kappa shape index (κ1) is 141. The van der Waals surface area contributed by atoms with Gasteiger partial charge in [-0.3, -0.25) is 0 Å². The zero-order valence-electron chi connectivity index (χ0n) is 93.1. The molecule has 15 aliphatic heterocycles. The number of fused-ring (bicyclic) bond motifs is 3. The maximum atomic E-state index is 10.4. The molecule has 148 heavy (non-hydrogen) atoms. The summed E-state index contributed by atoms with van der Waals surface area (Å²) in [5.41, 5.74) is 0. The van der Waals surface area contributed by atoms with Gasteiger partial charge < -0.3 is 195 Å². The predicted octanol–water partition coefficient (Wildman–Crippen LogP) is 4.19. The molecule has 0 aromatic rings. The SMILES string of the molecule is CC1OCC2O[C@H](O[C@@H]3C(CO)O[C@@H](C)C(O)[C@H]3O)C(O)[C@@H](O)[C@@H]2O1.CC1[C@@H](O[C@@H]2C(CO)O[C@@H](C)C(C)[C@H]2C)OC(CO)[C@@H](C)[C@@H]1C.CC1[C@@H](O[C@@H]2C(CO)O[C@@H](C)C(C)[C@H]2C)OC(CO)[C@@H](O)[C@@H]1C.CCC1O[C@@H](C)C(C)[C@@H](C)[C@@H]1O[C@H]1OC(CO)[C@@H](O)[C@H](C)C1C.CCC1O[C@@H](C)C(C)[C@@H](C)[C@@H]1O[C@H]1OC2COC(C)O[C@H]2[C@H](C)C1C.CCC1O[C@@H](C)C(O)[C@@H](O)[C@@H]1O[C@H]1OC2COC(C)O[C@H]2[C@H](O)C1O.[Ac].[Ac].[Ac].[Ac]. The van der Waals surface area contributed by atoms with E-state index in [0.717, 1.165) is 12.8 Å². The van der Waals surface area contributed by atoms with Gasteiger partial charge >= 0.3 is 0 Å². The average molecular weight is 2990 g/mol. The zero-order chi connectivity index (χ0) is 107. The maximum absolute atomic E-state index is 10.4. The molecule has 44 heteroatoms. The summed E-state index contributed by atoms with van der Waals surface area (Å²) in [6.07, 6.45) is -23.6. The zero-order valence-corrected chi connectivity index (χ0v) is 112. The van der Waals surface area contributed by atoms with Gasteiger partial charge in [0.1, 0.15) is 122 Å². The molecule has 0 amide bonds. The van der Waals surface area contributed by atoms with Gasteiger partial charge in [-0.05, 0) is 159 Å². The van der Waals surface area contributed by atoms with Crippen molar-refractivity contribution in [3.8, 4) is 0 Å². The van der Waals surface area contributed by atoms with Crippen molar-refractivity contribution >= 4 is 0 Å². The van der Waals surface area contributed by atoms with Gasteiger partial charge in [0.05, 0.1) is 163 Å².